The van der Waals surface area contributed by atoms with Crippen LogP contribution in [0.4, 0.5) is 0 Å². The highest BCUT2D eigenvalue weighted by Gasteiger charge is 2.30. The minimum atomic E-state index is -0.600. The average molecular weight is 293 g/mol. The Hall–Kier alpha value is -1.90. The molecular formula is C20H23NO. The second-order valence-electron chi connectivity index (χ2n) is 7.07. The predicted molar refractivity (Wildman–Crippen MR) is 93.8 cm³/mol. The molecule has 0 spiro atoms. The summed E-state index contributed by atoms with van der Waals surface area (Å²) in [5.74, 6) is 0. The molecule has 2 heteroatoms. The van der Waals surface area contributed by atoms with Crippen LogP contribution in [0.1, 0.15) is 32.4 Å². The normalized spacial score (nSPS) is 15.1. The van der Waals surface area contributed by atoms with Crippen molar-refractivity contribution in [2.75, 3.05) is 0 Å². The number of aliphatic hydroxyl groups excluding tert-OH is 1. The van der Waals surface area contributed by atoms with Gasteiger partial charge in [0.05, 0.1) is 12.1 Å². The van der Waals surface area contributed by atoms with Crippen LogP contribution in [0.5, 0.6) is 0 Å². The average Bonchev–Trinajstić information content (AvgIpc) is 2.52. The lowest BCUT2D eigenvalue weighted by molar-refractivity contribution is 0.0405. The highest BCUT2D eigenvalue weighted by Crippen LogP contribution is 2.35. The summed E-state index contributed by atoms with van der Waals surface area (Å²) in [5.41, 5.74) is 7.18. The van der Waals surface area contributed by atoms with E-state index < -0.39 is 12.1 Å². The first-order valence-electron chi connectivity index (χ1n) is 7.73. The molecule has 0 amide bonds. The molecule has 0 saturated heterocycles. The van der Waals surface area contributed by atoms with Gasteiger partial charge in [0, 0.05) is 0 Å². The molecule has 0 fully saturated rings. The van der Waals surface area contributed by atoms with E-state index in [1.54, 1.807) is 0 Å². The van der Waals surface area contributed by atoms with Gasteiger partial charge in [-0.05, 0) is 38.6 Å². The summed E-state index contributed by atoms with van der Waals surface area (Å²) in [7, 11) is 0. The molecule has 0 bridgehead atoms. The summed E-state index contributed by atoms with van der Waals surface area (Å²) >= 11 is 0. The molecule has 3 aromatic carbocycles. The molecule has 0 aromatic heterocycles. The topological polar surface area (TPSA) is 46.2 Å². The number of hydrogen-bond acceptors (Lipinski definition) is 2. The molecule has 3 rings (SSSR count). The number of benzene rings is 3. The predicted octanol–water partition coefficient (Wildman–Crippen LogP) is 4.40. The minimum Gasteiger partial charge on any atom is -0.391 e. The van der Waals surface area contributed by atoms with E-state index in [2.05, 4.69) is 36.4 Å². The van der Waals surface area contributed by atoms with E-state index in [1.807, 2.05) is 39.0 Å². The van der Waals surface area contributed by atoms with Crippen molar-refractivity contribution >= 4 is 21.5 Å². The van der Waals surface area contributed by atoms with Crippen molar-refractivity contribution in [3.8, 4) is 0 Å². The third-order valence-electron chi connectivity index (χ3n) is 4.39. The summed E-state index contributed by atoms with van der Waals surface area (Å²) in [5, 5.41) is 15.3. The first-order valence-corrected chi connectivity index (χ1v) is 7.73. The summed E-state index contributed by atoms with van der Waals surface area (Å²) in [6, 6.07) is 18.3. The van der Waals surface area contributed by atoms with Gasteiger partial charge in [-0.1, -0.05) is 69.3 Å². The van der Waals surface area contributed by atoms with E-state index in [1.165, 1.54) is 10.8 Å². The molecule has 3 aromatic rings. The maximum Gasteiger partial charge on any atom is 0.0781 e. The molecule has 0 aliphatic heterocycles. The van der Waals surface area contributed by atoms with Crippen molar-refractivity contribution in [3.63, 3.8) is 0 Å². The molecule has 114 valence electrons. The first kappa shape index (κ1) is 15.0. The fourth-order valence-electron chi connectivity index (χ4n) is 3.07. The fourth-order valence-corrected chi connectivity index (χ4v) is 3.07. The summed E-state index contributed by atoms with van der Waals surface area (Å²) in [6.07, 6.45) is -0.600. The monoisotopic (exact) mass is 293 g/mol. The van der Waals surface area contributed by atoms with Gasteiger partial charge in [-0.3, -0.25) is 0 Å². The van der Waals surface area contributed by atoms with Crippen LogP contribution in [-0.2, 0) is 0 Å². The zero-order valence-corrected chi connectivity index (χ0v) is 13.4. The zero-order valence-electron chi connectivity index (χ0n) is 13.4. The molecule has 22 heavy (non-hydrogen) atoms. The van der Waals surface area contributed by atoms with Crippen molar-refractivity contribution in [3.05, 3.63) is 60.2 Å². The van der Waals surface area contributed by atoms with Gasteiger partial charge >= 0.3 is 0 Å². The van der Waals surface area contributed by atoms with Crippen LogP contribution in [0.15, 0.2) is 54.6 Å². The Morgan fingerprint density at radius 3 is 2.05 bits per heavy atom. The molecule has 0 radical (unpaired) electrons. The third kappa shape index (κ3) is 2.49. The second kappa shape index (κ2) is 5.38. The van der Waals surface area contributed by atoms with Gasteiger partial charge < -0.3 is 10.8 Å². The van der Waals surface area contributed by atoms with Crippen molar-refractivity contribution in [2.45, 2.75) is 32.9 Å². The standard InChI is InChI=1S/C20H23NO/c1-20(2,3)19(22)18(21)17-12-13-8-4-5-9-14(13)15-10-6-7-11-16(15)17/h4-12,18-19,22H,21H2,1-3H3/t18-,19-/m0/s1. The number of aliphatic hydroxyl groups is 1. The SMILES string of the molecule is CC(C)(C)[C@@H](O)[C@@H](N)c1cc2ccccc2c2ccccc12. The van der Waals surface area contributed by atoms with Gasteiger partial charge in [0.1, 0.15) is 0 Å². The van der Waals surface area contributed by atoms with Crippen LogP contribution in [0.25, 0.3) is 21.5 Å². The summed E-state index contributed by atoms with van der Waals surface area (Å²) in [4.78, 5) is 0. The Bertz CT molecular complexity index is 817. The molecule has 2 atom stereocenters. The molecule has 0 unspecified atom stereocenters. The van der Waals surface area contributed by atoms with Crippen LogP contribution in [-0.4, -0.2) is 11.2 Å². The van der Waals surface area contributed by atoms with Gasteiger partial charge in [-0.15, -0.1) is 0 Å². The quantitative estimate of drug-likeness (QED) is 0.688. The smallest absolute Gasteiger partial charge is 0.0781 e. The largest absolute Gasteiger partial charge is 0.391 e. The van der Waals surface area contributed by atoms with E-state index >= 15 is 0 Å². The fraction of sp³-hybridized carbons (Fsp3) is 0.300. The second-order valence-corrected chi connectivity index (χ2v) is 7.07. The van der Waals surface area contributed by atoms with Crippen molar-refractivity contribution in [2.24, 2.45) is 11.1 Å². The molecular weight excluding hydrogens is 270 g/mol. The molecule has 0 heterocycles. The van der Waals surface area contributed by atoms with Crippen LogP contribution in [0.2, 0.25) is 0 Å². The van der Waals surface area contributed by atoms with E-state index in [0.29, 0.717) is 0 Å². The van der Waals surface area contributed by atoms with Gasteiger partial charge in [-0.2, -0.15) is 0 Å². The third-order valence-corrected chi connectivity index (χ3v) is 4.39. The van der Waals surface area contributed by atoms with Crippen LogP contribution in [0.3, 0.4) is 0 Å². The highest BCUT2D eigenvalue weighted by atomic mass is 16.3. The Labute approximate surface area is 131 Å². The molecule has 0 saturated carbocycles. The summed E-state index contributed by atoms with van der Waals surface area (Å²) < 4.78 is 0. The van der Waals surface area contributed by atoms with Crippen LogP contribution < -0.4 is 5.73 Å². The molecule has 3 N–H and O–H groups in total. The van der Waals surface area contributed by atoms with Crippen molar-refractivity contribution < 1.29 is 5.11 Å². The maximum absolute atomic E-state index is 10.6. The van der Waals surface area contributed by atoms with Gasteiger partial charge in [0.25, 0.3) is 0 Å². The Kier molecular flexibility index (Phi) is 3.67. The van der Waals surface area contributed by atoms with Gasteiger partial charge in [0.2, 0.25) is 0 Å². The number of fused-ring (bicyclic) bond motifs is 3. The summed E-state index contributed by atoms with van der Waals surface area (Å²) in [6.45, 7) is 6.04. The van der Waals surface area contributed by atoms with Gasteiger partial charge in [-0.25, -0.2) is 0 Å². The van der Waals surface area contributed by atoms with Gasteiger partial charge in [0.15, 0.2) is 0 Å². The zero-order chi connectivity index (χ0) is 15.9. The van der Waals surface area contributed by atoms with Crippen LogP contribution >= 0.6 is 0 Å². The van der Waals surface area contributed by atoms with E-state index in [-0.39, 0.29) is 5.41 Å². The Morgan fingerprint density at radius 2 is 1.41 bits per heavy atom. The minimum absolute atomic E-state index is 0.258. The molecule has 0 aliphatic carbocycles. The van der Waals surface area contributed by atoms with Crippen molar-refractivity contribution in [1.82, 2.24) is 0 Å². The number of nitrogens with two attached hydrogens (primary N) is 1. The maximum atomic E-state index is 10.6. The first-order chi connectivity index (χ1) is 10.4. The van der Waals surface area contributed by atoms with E-state index in [4.69, 9.17) is 5.73 Å². The molecule has 0 aliphatic rings. The lowest BCUT2D eigenvalue weighted by Crippen LogP contribution is -2.37. The number of rotatable bonds is 2. The molecule has 2 nitrogen and oxygen atoms in total. The Balaban J connectivity index is 2.28. The lowest BCUT2D eigenvalue weighted by Gasteiger charge is -2.31. The highest BCUT2D eigenvalue weighted by molar-refractivity contribution is 6.09. The number of hydrogen-bond donors (Lipinski definition) is 2. The van der Waals surface area contributed by atoms with E-state index in [0.717, 1.165) is 16.3 Å². The lowest BCUT2D eigenvalue weighted by atomic mass is 9.81. The van der Waals surface area contributed by atoms with Crippen molar-refractivity contribution in [1.29, 1.82) is 0 Å². The van der Waals surface area contributed by atoms with Crippen LogP contribution in [0, 0.1) is 5.41 Å². The Morgan fingerprint density at radius 1 is 0.864 bits per heavy atom. The van der Waals surface area contributed by atoms with E-state index in [9.17, 15) is 5.11 Å².